The lowest BCUT2D eigenvalue weighted by molar-refractivity contribution is -0.150. The van der Waals surface area contributed by atoms with Gasteiger partial charge in [-0.3, -0.25) is 4.79 Å². The number of ether oxygens (including phenoxy) is 2. The van der Waals surface area contributed by atoms with Crippen LogP contribution in [0.3, 0.4) is 0 Å². The first-order valence-corrected chi connectivity index (χ1v) is 11.9. The topological polar surface area (TPSA) is 67.4 Å². The van der Waals surface area contributed by atoms with Gasteiger partial charge in [-0.2, -0.15) is 0 Å². The number of methoxy groups -OCH3 is 2. The largest absolute Gasteiger partial charge is 0.497 e. The zero-order valence-electron chi connectivity index (χ0n) is 20.9. The van der Waals surface area contributed by atoms with E-state index in [4.69, 9.17) is 9.47 Å². The molecular weight excluding hydrogens is 433 g/mol. The normalized spacial score (nSPS) is 13.4. The first kappa shape index (κ1) is 25.7. The highest BCUT2D eigenvalue weighted by atomic mass is 19.1. The van der Waals surface area contributed by atoms with Gasteiger partial charge >= 0.3 is 5.97 Å². The maximum Gasteiger partial charge on any atom is 0.316 e. The number of aromatic amines is 1. The van der Waals surface area contributed by atoms with Crippen molar-refractivity contribution < 1.29 is 18.7 Å². The smallest absolute Gasteiger partial charge is 0.316 e. The first-order chi connectivity index (χ1) is 16.3. The number of aryl methyl sites for hydroxylation is 1. The third-order valence-electron chi connectivity index (χ3n) is 6.70. The maximum absolute atomic E-state index is 13.5. The molecule has 1 aromatic heterocycles. The van der Waals surface area contributed by atoms with E-state index in [1.54, 1.807) is 19.2 Å². The fourth-order valence-corrected chi connectivity index (χ4v) is 4.69. The predicted molar refractivity (Wildman–Crippen MR) is 133 cm³/mol. The maximum atomic E-state index is 13.5. The molecule has 0 bridgehead atoms. The second-order valence-corrected chi connectivity index (χ2v) is 9.20. The van der Waals surface area contributed by atoms with Crippen LogP contribution in [0.5, 0.6) is 5.75 Å². The third-order valence-corrected chi connectivity index (χ3v) is 6.70. The van der Waals surface area contributed by atoms with Gasteiger partial charge in [-0.25, -0.2) is 9.37 Å². The minimum atomic E-state index is -0.793. The lowest BCUT2D eigenvalue weighted by Crippen LogP contribution is -2.42. The van der Waals surface area contributed by atoms with Crippen molar-refractivity contribution in [1.29, 1.82) is 0 Å². The van der Waals surface area contributed by atoms with E-state index in [9.17, 15) is 9.18 Å². The Morgan fingerprint density at radius 2 is 1.82 bits per heavy atom. The van der Waals surface area contributed by atoms with E-state index >= 15 is 0 Å². The Labute approximate surface area is 201 Å². The molecule has 34 heavy (non-hydrogen) atoms. The Kier molecular flexibility index (Phi) is 8.67. The minimum Gasteiger partial charge on any atom is -0.497 e. The van der Waals surface area contributed by atoms with Gasteiger partial charge in [0.25, 0.3) is 0 Å². The number of carbonyl (C=O) groups is 1. The van der Waals surface area contributed by atoms with Crippen LogP contribution in [0.25, 0.3) is 11.0 Å². The molecule has 0 radical (unpaired) electrons. The first-order valence-electron chi connectivity index (χ1n) is 11.9. The van der Waals surface area contributed by atoms with E-state index < -0.39 is 5.41 Å². The van der Waals surface area contributed by atoms with Crippen molar-refractivity contribution in [2.45, 2.75) is 44.9 Å². The van der Waals surface area contributed by atoms with Crippen molar-refractivity contribution in [2.75, 3.05) is 34.4 Å². The highest BCUT2D eigenvalue weighted by Crippen LogP contribution is 2.38. The van der Waals surface area contributed by atoms with Gasteiger partial charge in [-0.05, 0) is 75.1 Å². The van der Waals surface area contributed by atoms with Crippen molar-refractivity contribution in [3.63, 3.8) is 0 Å². The fraction of sp³-hybridized carbons (Fsp3) is 0.481. The molecule has 1 atom stereocenters. The molecule has 3 rings (SSSR count). The minimum absolute atomic E-state index is 0.0161. The average Bonchev–Trinajstić information content (AvgIpc) is 3.23. The number of fused-ring (bicyclic) bond motifs is 1. The lowest BCUT2D eigenvalue weighted by Gasteiger charge is -2.36. The van der Waals surface area contributed by atoms with E-state index in [2.05, 4.69) is 21.9 Å². The molecule has 7 heteroatoms. The van der Waals surface area contributed by atoms with Crippen molar-refractivity contribution in [3.8, 4) is 5.75 Å². The van der Waals surface area contributed by atoms with E-state index in [-0.39, 0.29) is 17.7 Å². The van der Waals surface area contributed by atoms with Gasteiger partial charge in [0.15, 0.2) is 0 Å². The third kappa shape index (κ3) is 5.76. The number of carbonyl (C=O) groups excluding carboxylic acids is 1. The number of halogens is 1. The number of imidazole rings is 1. The van der Waals surface area contributed by atoms with Crippen molar-refractivity contribution in [3.05, 3.63) is 59.7 Å². The number of nitrogens with zero attached hydrogens (tertiary/aromatic N) is 2. The molecule has 0 spiro atoms. The summed E-state index contributed by atoms with van der Waals surface area (Å²) in [6.45, 7) is 5.81. The molecule has 1 unspecified atom stereocenters. The standard InChI is InChI=1S/C27H36FN3O3/c1-19(2)27(26(32)34-5,20-9-11-21(28)12-10-20)15-7-17-31(3)16-6-8-25-29-23-14-13-22(33-4)18-24(23)30-25/h9-14,18-19H,6-8,15-17H2,1-5H3,(H,29,30). The zero-order chi connectivity index (χ0) is 24.7. The zero-order valence-corrected chi connectivity index (χ0v) is 20.9. The number of nitrogens with one attached hydrogen (secondary N) is 1. The second-order valence-electron chi connectivity index (χ2n) is 9.20. The highest BCUT2D eigenvalue weighted by Gasteiger charge is 2.43. The van der Waals surface area contributed by atoms with Gasteiger partial charge in [0.05, 0.1) is 30.7 Å². The monoisotopic (exact) mass is 469 g/mol. The average molecular weight is 470 g/mol. The van der Waals surface area contributed by atoms with Crippen LogP contribution in [0, 0.1) is 11.7 Å². The molecule has 3 aromatic rings. The van der Waals surface area contributed by atoms with Gasteiger partial charge in [0, 0.05) is 12.5 Å². The number of rotatable bonds is 12. The Morgan fingerprint density at radius 1 is 1.12 bits per heavy atom. The van der Waals surface area contributed by atoms with Gasteiger partial charge in [0.1, 0.15) is 17.4 Å². The van der Waals surface area contributed by atoms with Crippen LogP contribution in [-0.4, -0.2) is 55.2 Å². The molecule has 1 heterocycles. The number of aromatic nitrogens is 2. The van der Waals surface area contributed by atoms with Crippen molar-refractivity contribution in [2.24, 2.45) is 5.92 Å². The summed E-state index contributed by atoms with van der Waals surface area (Å²) in [7, 11) is 5.17. The summed E-state index contributed by atoms with van der Waals surface area (Å²) in [4.78, 5) is 23.2. The summed E-state index contributed by atoms with van der Waals surface area (Å²) < 4.78 is 24.0. The van der Waals surface area contributed by atoms with Gasteiger partial charge < -0.3 is 19.4 Å². The van der Waals surface area contributed by atoms with Crippen molar-refractivity contribution >= 4 is 17.0 Å². The molecule has 184 valence electrons. The Balaban J connectivity index is 1.55. The van der Waals surface area contributed by atoms with E-state index in [0.717, 1.165) is 60.5 Å². The van der Waals surface area contributed by atoms with E-state index in [0.29, 0.717) is 6.42 Å². The molecule has 0 aliphatic carbocycles. The van der Waals surface area contributed by atoms with Crippen LogP contribution in [0.2, 0.25) is 0 Å². The molecule has 0 saturated heterocycles. The molecular formula is C27H36FN3O3. The van der Waals surface area contributed by atoms with Crippen LogP contribution in [0.15, 0.2) is 42.5 Å². The predicted octanol–water partition coefficient (Wildman–Crippen LogP) is 5.12. The van der Waals surface area contributed by atoms with Crippen LogP contribution in [0.1, 0.15) is 44.5 Å². The Bertz CT molecular complexity index is 1080. The highest BCUT2D eigenvalue weighted by molar-refractivity contribution is 5.83. The number of esters is 1. The molecule has 0 aliphatic rings. The van der Waals surface area contributed by atoms with Crippen LogP contribution < -0.4 is 4.74 Å². The quantitative estimate of drug-likeness (QED) is 0.373. The molecule has 0 aliphatic heterocycles. The summed E-state index contributed by atoms with van der Waals surface area (Å²) in [5.74, 6) is 1.22. The summed E-state index contributed by atoms with van der Waals surface area (Å²) in [6, 6.07) is 12.1. The van der Waals surface area contributed by atoms with E-state index in [1.165, 1.54) is 19.2 Å². The van der Waals surface area contributed by atoms with Gasteiger partial charge in [-0.1, -0.05) is 26.0 Å². The summed E-state index contributed by atoms with van der Waals surface area (Å²) >= 11 is 0. The molecule has 0 saturated carbocycles. The number of hydrogen-bond acceptors (Lipinski definition) is 5. The summed E-state index contributed by atoms with van der Waals surface area (Å²) in [5, 5.41) is 0. The fourth-order valence-electron chi connectivity index (χ4n) is 4.69. The molecule has 6 nitrogen and oxygen atoms in total. The Hall–Kier alpha value is -2.93. The number of benzene rings is 2. The summed E-state index contributed by atoms with van der Waals surface area (Å²) in [5.41, 5.74) is 1.94. The molecule has 1 N–H and O–H groups in total. The van der Waals surface area contributed by atoms with Gasteiger partial charge in [-0.15, -0.1) is 0 Å². The second kappa shape index (κ2) is 11.5. The van der Waals surface area contributed by atoms with Crippen LogP contribution in [-0.2, 0) is 21.4 Å². The molecule has 0 amide bonds. The van der Waals surface area contributed by atoms with Crippen LogP contribution >= 0.6 is 0 Å². The van der Waals surface area contributed by atoms with Crippen molar-refractivity contribution in [1.82, 2.24) is 14.9 Å². The van der Waals surface area contributed by atoms with Crippen LogP contribution in [0.4, 0.5) is 4.39 Å². The van der Waals surface area contributed by atoms with E-state index in [1.807, 2.05) is 32.0 Å². The van der Waals surface area contributed by atoms with Gasteiger partial charge in [0.2, 0.25) is 0 Å². The summed E-state index contributed by atoms with van der Waals surface area (Å²) in [6.07, 6.45) is 3.29. The molecule has 0 fully saturated rings. The SMILES string of the molecule is COC(=O)C(CCCN(C)CCCc1nc2ccc(OC)cc2[nH]1)(c1ccc(F)cc1)C(C)C. The Morgan fingerprint density at radius 3 is 2.47 bits per heavy atom. The lowest BCUT2D eigenvalue weighted by atomic mass is 9.68. The number of hydrogen-bond donors (Lipinski definition) is 1. The number of H-pyrrole nitrogens is 1. The molecule has 2 aromatic carbocycles.